The van der Waals surface area contributed by atoms with E-state index in [1.54, 1.807) is 35.4 Å². The molecule has 1 saturated heterocycles. The van der Waals surface area contributed by atoms with Gasteiger partial charge in [-0.2, -0.15) is 18.3 Å². The molecule has 10 heteroatoms. The lowest BCUT2D eigenvalue weighted by molar-refractivity contribution is -0.137. The minimum atomic E-state index is -4.45. The zero-order valence-electron chi connectivity index (χ0n) is 16.9. The summed E-state index contributed by atoms with van der Waals surface area (Å²) >= 11 is 0. The molecule has 1 unspecified atom stereocenters. The van der Waals surface area contributed by atoms with E-state index in [0.29, 0.717) is 11.4 Å². The Morgan fingerprint density at radius 3 is 2.75 bits per heavy atom. The van der Waals surface area contributed by atoms with Crippen LogP contribution < -0.4 is 5.32 Å². The molecule has 0 spiro atoms. The maximum Gasteiger partial charge on any atom is 0.416 e. The number of halogens is 3. The van der Waals surface area contributed by atoms with Gasteiger partial charge in [-0.05, 0) is 29.8 Å². The Kier molecular flexibility index (Phi) is 5.93. The van der Waals surface area contributed by atoms with Crippen LogP contribution in [-0.2, 0) is 28.9 Å². The molecular weight excluding hydrogens is 423 g/mol. The third kappa shape index (κ3) is 4.79. The van der Waals surface area contributed by atoms with Crippen molar-refractivity contribution in [1.29, 1.82) is 0 Å². The van der Waals surface area contributed by atoms with Gasteiger partial charge in [0.15, 0.2) is 5.82 Å². The Bertz CT molecular complexity index is 1110. The number of alkyl halides is 3. The molecule has 0 bridgehead atoms. The van der Waals surface area contributed by atoms with Crippen molar-refractivity contribution in [2.24, 2.45) is 5.92 Å². The molecule has 166 valence electrons. The Morgan fingerprint density at radius 2 is 2.00 bits per heavy atom. The predicted molar refractivity (Wildman–Crippen MR) is 108 cm³/mol. The zero-order valence-corrected chi connectivity index (χ0v) is 16.9. The third-order valence-corrected chi connectivity index (χ3v) is 5.26. The summed E-state index contributed by atoms with van der Waals surface area (Å²) in [4.78, 5) is 30.7. The Labute approximate surface area is 181 Å². The smallest absolute Gasteiger partial charge is 0.352 e. The summed E-state index contributed by atoms with van der Waals surface area (Å²) in [7, 11) is 0. The predicted octanol–water partition coefficient (Wildman–Crippen LogP) is 2.95. The highest BCUT2D eigenvalue weighted by molar-refractivity contribution is 5.89. The van der Waals surface area contributed by atoms with E-state index in [1.165, 1.54) is 17.0 Å². The maximum atomic E-state index is 12.9. The number of rotatable bonds is 6. The van der Waals surface area contributed by atoms with Gasteiger partial charge in [0.1, 0.15) is 0 Å². The van der Waals surface area contributed by atoms with Crippen molar-refractivity contribution in [2.75, 3.05) is 6.54 Å². The molecule has 2 amide bonds. The molecule has 1 fully saturated rings. The molecule has 1 atom stereocenters. The average molecular weight is 443 g/mol. The molecule has 1 aliphatic rings. The lowest BCUT2D eigenvalue weighted by Gasteiger charge is -2.18. The number of aromatic nitrogens is 3. The number of carbonyl (C=O) groups excluding carboxylic acids is 2. The van der Waals surface area contributed by atoms with E-state index in [-0.39, 0.29) is 37.9 Å². The van der Waals surface area contributed by atoms with E-state index in [1.807, 2.05) is 6.07 Å². The highest BCUT2D eigenvalue weighted by Gasteiger charge is 2.35. The van der Waals surface area contributed by atoms with E-state index in [9.17, 15) is 22.8 Å². The second-order valence-corrected chi connectivity index (χ2v) is 7.53. The van der Waals surface area contributed by atoms with Crippen LogP contribution in [0.2, 0.25) is 0 Å². The minimum Gasteiger partial charge on any atom is -0.352 e. The first-order valence-electron chi connectivity index (χ1n) is 9.97. The average Bonchev–Trinajstić information content (AvgIpc) is 3.42. The molecule has 1 aromatic carbocycles. The molecule has 7 nitrogen and oxygen atoms in total. The summed E-state index contributed by atoms with van der Waals surface area (Å²) in [6, 6.07) is 10.2. The standard InChI is InChI=1S/C22H20F3N5O2/c23-22(24,25)18-6-1-4-15(10-18)13-29-14-17(11-19(29)31)21(32)27-12-16-5-2-7-26-20(16)30-9-3-8-28-30/h1-10,17H,11-14H2,(H,27,32). The van der Waals surface area contributed by atoms with E-state index in [4.69, 9.17) is 0 Å². The van der Waals surface area contributed by atoms with Gasteiger partial charge in [0.05, 0.1) is 11.5 Å². The van der Waals surface area contributed by atoms with Gasteiger partial charge >= 0.3 is 6.18 Å². The van der Waals surface area contributed by atoms with E-state index < -0.39 is 17.7 Å². The number of pyridine rings is 1. The van der Waals surface area contributed by atoms with E-state index >= 15 is 0 Å². The van der Waals surface area contributed by atoms with Crippen molar-refractivity contribution < 1.29 is 22.8 Å². The minimum absolute atomic E-state index is 0.0177. The van der Waals surface area contributed by atoms with Crippen molar-refractivity contribution in [3.63, 3.8) is 0 Å². The number of likely N-dealkylation sites (tertiary alicyclic amines) is 1. The number of amides is 2. The fourth-order valence-electron chi connectivity index (χ4n) is 3.66. The number of nitrogens with one attached hydrogen (secondary N) is 1. The molecule has 32 heavy (non-hydrogen) atoms. The monoisotopic (exact) mass is 443 g/mol. The zero-order chi connectivity index (χ0) is 22.7. The molecule has 0 radical (unpaired) electrons. The van der Waals surface area contributed by atoms with Crippen LogP contribution >= 0.6 is 0 Å². The quantitative estimate of drug-likeness (QED) is 0.635. The van der Waals surface area contributed by atoms with Gasteiger partial charge in [-0.15, -0.1) is 0 Å². The highest BCUT2D eigenvalue weighted by atomic mass is 19.4. The fraction of sp³-hybridized carbons (Fsp3) is 0.273. The second-order valence-electron chi connectivity index (χ2n) is 7.53. The molecule has 3 aromatic rings. The van der Waals surface area contributed by atoms with Gasteiger partial charge in [0.25, 0.3) is 0 Å². The first-order chi connectivity index (χ1) is 15.3. The SMILES string of the molecule is O=C(NCc1cccnc1-n1cccn1)C1CC(=O)N(Cc2cccc(C(F)(F)F)c2)C1. The van der Waals surface area contributed by atoms with Gasteiger partial charge in [-0.1, -0.05) is 18.2 Å². The first-order valence-corrected chi connectivity index (χ1v) is 9.97. The molecule has 1 aliphatic heterocycles. The summed E-state index contributed by atoms with van der Waals surface area (Å²) in [6.45, 7) is 0.388. The lowest BCUT2D eigenvalue weighted by atomic mass is 10.1. The van der Waals surface area contributed by atoms with Gasteiger partial charge in [0, 0.05) is 50.2 Å². The van der Waals surface area contributed by atoms with Crippen LogP contribution in [0.4, 0.5) is 13.2 Å². The maximum absolute atomic E-state index is 12.9. The molecule has 0 aliphatic carbocycles. The fourth-order valence-corrected chi connectivity index (χ4v) is 3.66. The Balaban J connectivity index is 1.37. The molecule has 2 aromatic heterocycles. The van der Waals surface area contributed by atoms with Crippen LogP contribution in [0.25, 0.3) is 5.82 Å². The normalized spacial score (nSPS) is 16.4. The molecular formula is C22H20F3N5O2. The molecule has 1 N–H and O–H groups in total. The van der Waals surface area contributed by atoms with Gasteiger partial charge in [0.2, 0.25) is 11.8 Å². The van der Waals surface area contributed by atoms with Crippen LogP contribution in [0.3, 0.4) is 0 Å². The second kappa shape index (κ2) is 8.81. The summed E-state index contributed by atoms with van der Waals surface area (Å²) in [6.07, 6.45) is 0.567. The Morgan fingerprint density at radius 1 is 1.16 bits per heavy atom. The lowest BCUT2D eigenvalue weighted by Crippen LogP contribution is -2.32. The summed E-state index contributed by atoms with van der Waals surface area (Å²) in [5.74, 6) is -0.536. The molecule has 0 saturated carbocycles. The Hall–Kier alpha value is -3.69. The highest BCUT2D eigenvalue weighted by Crippen LogP contribution is 2.30. The van der Waals surface area contributed by atoms with Crippen LogP contribution in [0.5, 0.6) is 0 Å². The van der Waals surface area contributed by atoms with Gasteiger partial charge in [-0.3, -0.25) is 9.59 Å². The summed E-state index contributed by atoms with van der Waals surface area (Å²) in [5.41, 5.74) is 0.364. The summed E-state index contributed by atoms with van der Waals surface area (Å²) < 4.78 is 40.4. The van der Waals surface area contributed by atoms with E-state index in [2.05, 4.69) is 15.4 Å². The van der Waals surface area contributed by atoms with Gasteiger partial charge < -0.3 is 10.2 Å². The van der Waals surface area contributed by atoms with Crippen LogP contribution in [0.15, 0.2) is 61.1 Å². The summed E-state index contributed by atoms with van der Waals surface area (Å²) in [5, 5.41) is 6.98. The van der Waals surface area contributed by atoms with Crippen molar-refractivity contribution in [2.45, 2.75) is 25.7 Å². The molecule has 4 rings (SSSR count). The van der Waals surface area contributed by atoms with E-state index in [0.717, 1.165) is 17.7 Å². The number of benzene rings is 1. The van der Waals surface area contributed by atoms with Crippen LogP contribution in [0.1, 0.15) is 23.1 Å². The van der Waals surface area contributed by atoms with Crippen molar-refractivity contribution in [3.8, 4) is 5.82 Å². The molecule has 3 heterocycles. The number of nitrogens with zero attached hydrogens (tertiary/aromatic N) is 4. The van der Waals surface area contributed by atoms with Gasteiger partial charge in [-0.25, -0.2) is 9.67 Å². The largest absolute Gasteiger partial charge is 0.416 e. The number of hydrogen-bond donors (Lipinski definition) is 1. The third-order valence-electron chi connectivity index (χ3n) is 5.26. The van der Waals surface area contributed by atoms with Crippen molar-refractivity contribution in [1.82, 2.24) is 25.0 Å². The van der Waals surface area contributed by atoms with Crippen LogP contribution in [0, 0.1) is 5.92 Å². The number of hydrogen-bond acceptors (Lipinski definition) is 4. The topological polar surface area (TPSA) is 80.1 Å². The first kappa shape index (κ1) is 21.5. The van der Waals surface area contributed by atoms with Crippen molar-refractivity contribution in [3.05, 3.63) is 77.7 Å². The van der Waals surface area contributed by atoms with Crippen molar-refractivity contribution >= 4 is 11.8 Å². The number of carbonyl (C=O) groups is 2. The van der Waals surface area contributed by atoms with Crippen LogP contribution in [-0.4, -0.2) is 38.0 Å².